The van der Waals surface area contributed by atoms with Crippen molar-refractivity contribution in [3.8, 4) is 17.6 Å². The van der Waals surface area contributed by atoms with Gasteiger partial charge in [-0.25, -0.2) is 13.2 Å². The second-order valence-electron chi connectivity index (χ2n) is 5.29. The van der Waals surface area contributed by atoms with Gasteiger partial charge in [0.15, 0.2) is 5.75 Å². The van der Waals surface area contributed by atoms with E-state index in [4.69, 9.17) is 20.5 Å². The van der Waals surface area contributed by atoms with Gasteiger partial charge in [0.25, 0.3) is 5.91 Å². The standard InChI is InChI=1S/C18H11F5N2O3/c1-27-11-3-2-8(4-9(6-24)18(25)26)5-10(11)7-28-17-15(22)13(20)12(19)14(21)16(17)23/h2-5H,7H2,1H3,(H2,25,26). The first-order valence-electron chi connectivity index (χ1n) is 7.44. The van der Waals surface area contributed by atoms with Crippen molar-refractivity contribution in [1.82, 2.24) is 0 Å². The highest BCUT2D eigenvalue weighted by molar-refractivity contribution is 6.00. The zero-order valence-electron chi connectivity index (χ0n) is 14.2. The Labute approximate surface area is 155 Å². The maximum atomic E-state index is 13.7. The summed E-state index contributed by atoms with van der Waals surface area (Å²) in [6.45, 7) is -0.637. The molecule has 10 heteroatoms. The predicted octanol–water partition coefficient (Wildman–Crippen LogP) is 3.36. The van der Waals surface area contributed by atoms with Gasteiger partial charge in [-0.2, -0.15) is 14.0 Å². The molecule has 0 heterocycles. The van der Waals surface area contributed by atoms with Crippen molar-refractivity contribution in [2.75, 3.05) is 7.11 Å². The zero-order valence-corrected chi connectivity index (χ0v) is 14.2. The van der Waals surface area contributed by atoms with Crippen molar-refractivity contribution >= 4 is 12.0 Å². The number of halogens is 5. The molecule has 1 amide bonds. The van der Waals surface area contributed by atoms with E-state index in [1.165, 1.54) is 25.3 Å². The van der Waals surface area contributed by atoms with E-state index >= 15 is 0 Å². The SMILES string of the molecule is COc1ccc(C=C(C#N)C(N)=O)cc1COc1c(F)c(F)c(F)c(F)c1F. The molecule has 28 heavy (non-hydrogen) atoms. The van der Waals surface area contributed by atoms with Crippen LogP contribution in [0.25, 0.3) is 6.08 Å². The highest BCUT2D eigenvalue weighted by Gasteiger charge is 2.27. The predicted molar refractivity (Wildman–Crippen MR) is 86.3 cm³/mol. The van der Waals surface area contributed by atoms with Gasteiger partial charge in [-0.15, -0.1) is 0 Å². The molecule has 0 unspecified atom stereocenters. The van der Waals surface area contributed by atoms with Crippen LogP contribution < -0.4 is 15.2 Å². The topological polar surface area (TPSA) is 85.3 Å². The van der Waals surface area contributed by atoms with Crippen molar-refractivity contribution < 1.29 is 36.2 Å². The summed E-state index contributed by atoms with van der Waals surface area (Å²) in [6, 6.07) is 5.75. The minimum Gasteiger partial charge on any atom is -0.496 e. The smallest absolute Gasteiger partial charge is 0.259 e. The van der Waals surface area contributed by atoms with E-state index < -0.39 is 47.3 Å². The van der Waals surface area contributed by atoms with E-state index in [0.29, 0.717) is 0 Å². The summed E-state index contributed by atoms with van der Waals surface area (Å²) in [5.41, 5.74) is 5.09. The molecule has 0 bridgehead atoms. The monoisotopic (exact) mass is 398 g/mol. The molecule has 0 atom stereocenters. The number of hydrogen-bond acceptors (Lipinski definition) is 4. The number of rotatable bonds is 6. The van der Waals surface area contributed by atoms with Crippen molar-refractivity contribution in [2.45, 2.75) is 6.61 Å². The van der Waals surface area contributed by atoms with Gasteiger partial charge in [0.2, 0.25) is 29.1 Å². The Morgan fingerprint density at radius 3 is 2.18 bits per heavy atom. The largest absolute Gasteiger partial charge is 0.496 e. The fraction of sp³-hybridized carbons (Fsp3) is 0.111. The highest BCUT2D eigenvalue weighted by Crippen LogP contribution is 2.31. The highest BCUT2D eigenvalue weighted by atomic mass is 19.2. The molecule has 0 saturated carbocycles. The fourth-order valence-corrected chi connectivity index (χ4v) is 2.19. The second kappa shape index (κ2) is 8.39. The van der Waals surface area contributed by atoms with Crippen molar-refractivity contribution in [3.05, 3.63) is 64.0 Å². The molecule has 0 aliphatic rings. The third-order valence-electron chi connectivity index (χ3n) is 3.54. The molecular weight excluding hydrogens is 387 g/mol. The molecule has 0 radical (unpaired) electrons. The van der Waals surface area contributed by atoms with Crippen LogP contribution in [0.5, 0.6) is 11.5 Å². The number of hydrogen-bond donors (Lipinski definition) is 1. The normalized spacial score (nSPS) is 11.1. The van der Waals surface area contributed by atoms with Crippen LogP contribution in [0.15, 0.2) is 23.8 Å². The molecule has 0 aromatic heterocycles. The number of nitrogens with zero attached hydrogens (tertiary/aromatic N) is 1. The van der Waals surface area contributed by atoms with E-state index in [2.05, 4.69) is 0 Å². The van der Waals surface area contributed by atoms with Gasteiger partial charge in [-0.3, -0.25) is 4.79 Å². The van der Waals surface area contributed by atoms with Gasteiger partial charge in [-0.1, -0.05) is 6.07 Å². The van der Waals surface area contributed by atoms with Crippen LogP contribution in [-0.2, 0) is 11.4 Å². The van der Waals surface area contributed by atoms with Crippen LogP contribution in [0.2, 0.25) is 0 Å². The Hall–Kier alpha value is -3.61. The van der Waals surface area contributed by atoms with Crippen LogP contribution in [0.1, 0.15) is 11.1 Å². The number of benzene rings is 2. The molecule has 2 aromatic rings. The Kier molecular flexibility index (Phi) is 6.20. The Morgan fingerprint density at radius 1 is 1.11 bits per heavy atom. The molecule has 2 aromatic carbocycles. The Balaban J connectivity index is 2.41. The molecular formula is C18H11F5N2O3. The minimum absolute atomic E-state index is 0.141. The average molecular weight is 398 g/mol. The molecule has 146 valence electrons. The third kappa shape index (κ3) is 4.03. The van der Waals surface area contributed by atoms with Crippen molar-refractivity contribution in [2.24, 2.45) is 5.73 Å². The van der Waals surface area contributed by atoms with Gasteiger partial charge in [0.1, 0.15) is 24.0 Å². The summed E-state index contributed by atoms with van der Waals surface area (Å²) in [7, 11) is 1.27. The molecule has 0 saturated heterocycles. The lowest BCUT2D eigenvalue weighted by Gasteiger charge is -2.13. The van der Waals surface area contributed by atoms with Gasteiger partial charge in [0.05, 0.1) is 7.11 Å². The second-order valence-corrected chi connectivity index (χ2v) is 5.29. The minimum atomic E-state index is -2.30. The van der Waals surface area contributed by atoms with Gasteiger partial charge in [-0.05, 0) is 23.8 Å². The van der Waals surface area contributed by atoms with Crippen molar-refractivity contribution in [3.63, 3.8) is 0 Å². The van der Waals surface area contributed by atoms with Crippen LogP contribution >= 0.6 is 0 Å². The maximum Gasteiger partial charge on any atom is 0.259 e. The van der Waals surface area contributed by atoms with Crippen LogP contribution in [0, 0.1) is 40.4 Å². The van der Waals surface area contributed by atoms with Gasteiger partial charge in [0, 0.05) is 5.56 Å². The number of carbonyl (C=O) groups excluding carboxylic acids is 1. The Bertz CT molecular complexity index is 986. The van der Waals surface area contributed by atoms with E-state index in [-0.39, 0.29) is 22.4 Å². The lowest BCUT2D eigenvalue weighted by molar-refractivity contribution is -0.114. The lowest BCUT2D eigenvalue weighted by Crippen LogP contribution is -2.12. The summed E-state index contributed by atoms with van der Waals surface area (Å²) in [6.07, 6.45) is 1.14. The van der Waals surface area contributed by atoms with Crippen molar-refractivity contribution in [1.29, 1.82) is 5.26 Å². The quantitative estimate of drug-likeness (QED) is 0.266. The van der Waals surface area contributed by atoms with Crippen LogP contribution in [-0.4, -0.2) is 13.0 Å². The number of ether oxygens (including phenoxy) is 2. The first-order chi connectivity index (χ1) is 13.2. The first-order valence-corrected chi connectivity index (χ1v) is 7.44. The number of nitriles is 1. The zero-order chi connectivity index (χ0) is 21.0. The summed E-state index contributed by atoms with van der Waals surface area (Å²) in [5.74, 6) is -13.1. The summed E-state index contributed by atoms with van der Waals surface area (Å²) in [4.78, 5) is 11.1. The number of primary amides is 1. The van der Waals surface area contributed by atoms with Crippen LogP contribution in [0.4, 0.5) is 22.0 Å². The van der Waals surface area contributed by atoms with Gasteiger partial charge >= 0.3 is 0 Å². The fourth-order valence-electron chi connectivity index (χ4n) is 2.19. The molecule has 5 nitrogen and oxygen atoms in total. The third-order valence-corrected chi connectivity index (χ3v) is 3.54. The summed E-state index contributed by atoms with van der Waals surface area (Å²) < 4.78 is 76.8. The summed E-state index contributed by atoms with van der Waals surface area (Å²) in [5, 5.41) is 8.86. The molecule has 2 rings (SSSR count). The number of nitrogens with two attached hydrogens (primary N) is 1. The molecule has 0 spiro atoms. The molecule has 0 fully saturated rings. The van der Waals surface area contributed by atoms with Gasteiger partial charge < -0.3 is 15.2 Å². The molecule has 0 aliphatic carbocycles. The van der Waals surface area contributed by atoms with Crippen LogP contribution in [0.3, 0.4) is 0 Å². The van der Waals surface area contributed by atoms with E-state index in [1.807, 2.05) is 0 Å². The van der Waals surface area contributed by atoms with E-state index in [9.17, 15) is 26.7 Å². The molecule has 0 aliphatic heterocycles. The van der Waals surface area contributed by atoms with E-state index in [0.717, 1.165) is 6.08 Å². The maximum absolute atomic E-state index is 13.7. The number of methoxy groups -OCH3 is 1. The lowest BCUT2D eigenvalue weighted by atomic mass is 10.1. The molecule has 2 N–H and O–H groups in total. The Morgan fingerprint density at radius 2 is 1.68 bits per heavy atom. The number of carbonyl (C=O) groups is 1. The van der Waals surface area contributed by atoms with E-state index in [1.54, 1.807) is 6.07 Å². The summed E-state index contributed by atoms with van der Waals surface area (Å²) >= 11 is 0. The first kappa shape index (κ1) is 20.7. The number of amides is 1. The average Bonchev–Trinajstić information content (AvgIpc) is 2.68.